The van der Waals surface area contributed by atoms with Crippen molar-refractivity contribution in [2.24, 2.45) is 0 Å². The second kappa shape index (κ2) is 5.11. The molecule has 0 saturated heterocycles. The predicted molar refractivity (Wildman–Crippen MR) is 51.2 cm³/mol. The molecule has 0 fully saturated rings. The van der Waals surface area contributed by atoms with Gasteiger partial charge in [0.05, 0.1) is 13.1 Å². The molecule has 4 nitrogen and oxygen atoms in total. The fraction of sp³-hybridized carbons (Fsp3) is 0.556. The molecular weight excluding hydrogens is 223 g/mol. The summed E-state index contributed by atoms with van der Waals surface area (Å²) in [5.74, 6) is -0.399. The summed E-state index contributed by atoms with van der Waals surface area (Å²) in [6.45, 7) is 0.796. The Kier molecular flexibility index (Phi) is 4.05. The number of carbonyl (C=O) groups is 1. The summed E-state index contributed by atoms with van der Waals surface area (Å²) in [5, 5.41) is 5.91. The van der Waals surface area contributed by atoms with Gasteiger partial charge in [-0.25, -0.2) is 0 Å². The number of aryl methyl sites for hydroxylation is 1. The highest BCUT2D eigenvalue weighted by atomic mass is 19.4. The van der Waals surface area contributed by atoms with Crippen LogP contribution in [-0.2, 0) is 6.54 Å². The van der Waals surface area contributed by atoms with E-state index in [0.717, 1.165) is 0 Å². The Morgan fingerprint density at radius 2 is 2.25 bits per heavy atom. The summed E-state index contributed by atoms with van der Waals surface area (Å²) in [7, 11) is 0. The van der Waals surface area contributed by atoms with Gasteiger partial charge in [0, 0.05) is 12.7 Å². The number of aromatic nitrogens is 2. The van der Waals surface area contributed by atoms with Crippen molar-refractivity contribution in [3.05, 3.63) is 18.0 Å². The molecule has 0 amide bonds. The number of Topliss-reactive ketones (excluding diaryl/α,β-unsaturated/α-hetero) is 1. The van der Waals surface area contributed by atoms with E-state index in [0.29, 0.717) is 12.2 Å². The van der Waals surface area contributed by atoms with Crippen LogP contribution in [0.3, 0.4) is 0 Å². The van der Waals surface area contributed by atoms with Crippen LogP contribution < -0.4 is 5.32 Å². The van der Waals surface area contributed by atoms with E-state index in [4.69, 9.17) is 0 Å². The van der Waals surface area contributed by atoms with Gasteiger partial charge in [-0.3, -0.25) is 9.48 Å². The number of carbonyl (C=O) groups excluding carboxylic acids is 1. The van der Waals surface area contributed by atoms with Crippen LogP contribution in [0.15, 0.2) is 12.3 Å². The van der Waals surface area contributed by atoms with Gasteiger partial charge in [0.2, 0.25) is 0 Å². The molecule has 90 valence electrons. The van der Waals surface area contributed by atoms with Crippen LogP contribution in [-0.4, -0.2) is 34.8 Å². The highest BCUT2D eigenvalue weighted by molar-refractivity contribution is 5.96. The van der Waals surface area contributed by atoms with Crippen molar-refractivity contribution in [1.29, 1.82) is 0 Å². The molecule has 0 aliphatic heterocycles. The number of nitrogens with one attached hydrogen (secondary N) is 1. The van der Waals surface area contributed by atoms with Gasteiger partial charge in [-0.1, -0.05) is 0 Å². The maximum atomic E-state index is 11.8. The van der Waals surface area contributed by atoms with E-state index in [2.05, 4.69) is 5.10 Å². The first kappa shape index (κ1) is 12.7. The van der Waals surface area contributed by atoms with Gasteiger partial charge in [-0.2, -0.15) is 18.3 Å². The van der Waals surface area contributed by atoms with Crippen LogP contribution in [0.2, 0.25) is 0 Å². The summed E-state index contributed by atoms with van der Waals surface area (Å²) >= 11 is 0. The van der Waals surface area contributed by atoms with Crippen molar-refractivity contribution in [2.75, 3.05) is 13.1 Å². The largest absolute Gasteiger partial charge is 0.401 e. The third kappa shape index (κ3) is 3.65. The van der Waals surface area contributed by atoms with E-state index >= 15 is 0 Å². The molecule has 1 aromatic rings. The molecule has 1 aromatic heterocycles. The van der Waals surface area contributed by atoms with Crippen molar-refractivity contribution in [3.63, 3.8) is 0 Å². The molecule has 7 heteroatoms. The first-order valence-electron chi connectivity index (χ1n) is 4.76. The van der Waals surface area contributed by atoms with Gasteiger partial charge in [0.15, 0.2) is 5.78 Å². The van der Waals surface area contributed by atoms with Crippen LogP contribution in [0.25, 0.3) is 0 Å². The Balaban J connectivity index is 2.47. The minimum Gasteiger partial charge on any atom is -0.301 e. The number of ketones is 1. The summed E-state index contributed by atoms with van der Waals surface area (Å²) in [6.07, 6.45) is -2.86. The number of rotatable bonds is 5. The Bertz CT molecular complexity index is 359. The molecule has 0 spiro atoms. The van der Waals surface area contributed by atoms with Gasteiger partial charge in [-0.05, 0) is 13.0 Å². The first-order valence-corrected chi connectivity index (χ1v) is 4.76. The second-order valence-corrected chi connectivity index (χ2v) is 3.17. The predicted octanol–water partition coefficient (Wildman–Crippen LogP) is 1.24. The maximum Gasteiger partial charge on any atom is 0.401 e. The minimum absolute atomic E-state index is 0.317. The molecule has 0 radical (unpaired) electrons. The lowest BCUT2D eigenvalue weighted by Crippen LogP contribution is -2.33. The highest BCUT2D eigenvalue weighted by Crippen LogP contribution is 2.12. The second-order valence-electron chi connectivity index (χ2n) is 3.17. The summed E-state index contributed by atoms with van der Waals surface area (Å²) in [4.78, 5) is 11.5. The molecule has 0 unspecified atom stereocenters. The van der Waals surface area contributed by atoms with Crippen molar-refractivity contribution < 1.29 is 18.0 Å². The number of alkyl halides is 3. The summed E-state index contributed by atoms with van der Waals surface area (Å²) in [6, 6.07) is 1.49. The van der Waals surface area contributed by atoms with E-state index in [9.17, 15) is 18.0 Å². The lowest BCUT2D eigenvalue weighted by Gasteiger charge is -2.08. The highest BCUT2D eigenvalue weighted by Gasteiger charge is 2.26. The number of hydrogen-bond acceptors (Lipinski definition) is 3. The Labute approximate surface area is 90.4 Å². The van der Waals surface area contributed by atoms with Crippen LogP contribution in [0, 0.1) is 0 Å². The lowest BCUT2D eigenvalue weighted by atomic mass is 10.3. The Morgan fingerprint density at radius 1 is 1.56 bits per heavy atom. The number of hydrogen-bond donors (Lipinski definition) is 1. The van der Waals surface area contributed by atoms with Gasteiger partial charge in [0.1, 0.15) is 5.69 Å². The van der Waals surface area contributed by atoms with E-state index in [-0.39, 0.29) is 6.54 Å². The number of halogens is 3. The molecule has 0 aliphatic carbocycles. The van der Waals surface area contributed by atoms with E-state index in [1.165, 1.54) is 16.9 Å². The van der Waals surface area contributed by atoms with Crippen molar-refractivity contribution in [1.82, 2.24) is 15.1 Å². The van der Waals surface area contributed by atoms with Crippen molar-refractivity contribution in [3.8, 4) is 0 Å². The molecule has 1 rings (SSSR count). The molecule has 0 bridgehead atoms. The van der Waals surface area contributed by atoms with Gasteiger partial charge < -0.3 is 5.32 Å². The van der Waals surface area contributed by atoms with Gasteiger partial charge >= 0.3 is 6.18 Å². The van der Waals surface area contributed by atoms with Crippen LogP contribution >= 0.6 is 0 Å². The zero-order valence-corrected chi connectivity index (χ0v) is 8.71. The Morgan fingerprint density at radius 3 is 2.81 bits per heavy atom. The van der Waals surface area contributed by atoms with Crippen molar-refractivity contribution >= 4 is 5.78 Å². The standard InChI is InChI=1S/C9H12F3N3O/c1-2-15-7(3-4-14-15)8(16)5-13-6-9(10,11)12/h3-4,13H,2,5-6H2,1H3. The number of nitrogens with zero attached hydrogens (tertiary/aromatic N) is 2. The first-order chi connectivity index (χ1) is 7.44. The third-order valence-electron chi connectivity index (χ3n) is 1.91. The molecule has 16 heavy (non-hydrogen) atoms. The normalized spacial score (nSPS) is 11.8. The van der Waals surface area contributed by atoms with Crippen LogP contribution in [0.5, 0.6) is 0 Å². The van der Waals surface area contributed by atoms with E-state index in [1.807, 2.05) is 5.32 Å². The Hall–Kier alpha value is -1.37. The molecule has 1 N–H and O–H groups in total. The lowest BCUT2D eigenvalue weighted by molar-refractivity contribution is -0.124. The SMILES string of the molecule is CCn1nccc1C(=O)CNCC(F)(F)F. The van der Waals surface area contributed by atoms with Gasteiger partial charge in [0.25, 0.3) is 0 Å². The molecule has 1 heterocycles. The minimum atomic E-state index is -4.30. The fourth-order valence-electron chi connectivity index (χ4n) is 1.23. The van der Waals surface area contributed by atoms with E-state index in [1.54, 1.807) is 6.92 Å². The topological polar surface area (TPSA) is 46.9 Å². The zero-order valence-electron chi connectivity index (χ0n) is 8.71. The fourth-order valence-corrected chi connectivity index (χ4v) is 1.23. The molecule has 0 aromatic carbocycles. The average Bonchev–Trinajstić information content (AvgIpc) is 2.63. The quantitative estimate of drug-likeness (QED) is 0.781. The zero-order chi connectivity index (χ0) is 12.2. The third-order valence-corrected chi connectivity index (χ3v) is 1.91. The van der Waals surface area contributed by atoms with E-state index < -0.39 is 18.5 Å². The molecule has 0 saturated carbocycles. The smallest absolute Gasteiger partial charge is 0.301 e. The molecule has 0 aliphatic rings. The van der Waals surface area contributed by atoms with Gasteiger partial charge in [-0.15, -0.1) is 0 Å². The molecular formula is C9H12F3N3O. The maximum absolute atomic E-state index is 11.8. The monoisotopic (exact) mass is 235 g/mol. The molecule has 0 atom stereocenters. The summed E-state index contributed by atoms with van der Waals surface area (Å²) < 4.78 is 36.8. The van der Waals surface area contributed by atoms with Crippen molar-refractivity contribution in [2.45, 2.75) is 19.6 Å². The van der Waals surface area contributed by atoms with Crippen LogP contribution in [0.4, 0.5) is 13.2 Å². The average molecular weight is 235 g/mol. The van der Waals surface area contributed by atoms with Crippen LogP contribution in [0.1, 0.15) is 17.4 Å². The summed E-state index contributed by atoms with van der Waals surface area (Å²) in [5.41, 5.74) is 0.317.